The second-order valence-corrected chi connectivity index (χ2v) is 6.83. The van der Waals surface area contributed by atoms with Gasteiger partial charge in [0.25, 0.3) is 5.91 Å². The molecule has 3 nitrogen and oxygen atoms in total. The van der Waals surface area contributed by atoms with E-state index in [1.165, 1.54) is 4.90 Å². The van der Waals surface area contributed by atoms with Crippen LogP contribution in [0.5, 0.6) is 0 Å². The largest absolute Gasteiger partial charge is 0.337 e. The molecule has 0 unspecified atom stereocenters. The van der Waals surface area contributed by atoms with Gasteiger partial charge in [0.2, 0.25) is 0 Å². The maximum Gasteiger partial charge on any atom is 0.253 e. The molecule has 0 atom stereocenters. The van der Waals surface area contributed by atoms with Gasteiger partial charge in [0, 0.05) is 30.6 Å². The zero-order valence-corrected chi connectivity index (χ0v) is 15.1. The Morgan fingerprint density at radius 3 is 2.26 bits per heavy atom. The number of nitrogens with zero attached hydrogens (tertiary/aromatic N) is 2. The summed E-state index contributed by atoms with van der Waals surface area (Å²) in [4.78, 5) is 17.7. The monoisotopic (exact) mass is 328 g/mol. The van der Waals surface area contributed by atoms with E-state index in [2.05, 4.69) is 35.4 Å². The van der Waals surface area contributed by atoms with E-state index in [-0.39, 0.29) is 5.91 Å². The van der Waals surface area contributed by atoms with Gasteiger partial charge in [-0.05, 0) is 55.7 Å². The van der Waals surface area contributed by atoms with E-state index in [9.17, 15) is 4.79 Å². The number of benzene rings is 2. The van der Waals surface area contributed by atoms with Crippen molar-refractivity contribution in [3.05, 3.63) is 65.2 Å². The Kier molecular flexibility index (Phi) is 6.25. The Hall–Kier alpha value is -1.78. The lowest BCUT2D eigenvalue weighted by Crippen LogP contribution is -2.26. The van der Waals surface area contributed by atoms with Gasteiger partial charge < -0.3 is 9.80 Å². The zero-order valence-electron chi connectivity index (χ0n) is 14.2. The fraction of sp³-hybridized carbons (Fsp3) is 0.316. The van der Waals surface area contributed by atoms with Gasteiger partial charge in [-0.3, -0.25) is 4.79 Å². The number of carbonyl (C=O) groups excluding carboxylic acids is 1. The van der Waals surface area contributed by atoms with Crippen molar-refractivity contribution in [3.63, 3.8) is 0 Å². The standard InChI is InChI=1S/C19H24N2OS/c1-20(2)13-15-7-5-9-17(11-15)19(22)21(3)14-16-8-6-10-18(12-16)23-4/h5-12H,13-14H2,1-4H3. The number of hydrogen-bond donors (Lipinski definition) is 0. The molecule has 0 radical (unpaired) electrons. The maximum absolute atomic E-state index is 12.6. The van der Waals surface area contributed by atoms with Crippen LogP contribution >= 0.6 is 11.8 Å². The average Bonchev–Trinajstić information content (AvgIpc) is 2.54. The second kappa shape index (κ2) is 8.18. The van der Waals surface area contributed by atoms with Gasteiger partial charge >= 0.3 is 0 Å². The van der Waals surface area contributed by atoms with E-state index in [0.717, 1.165) is 23.2 Å². The van der Waals surface area contributed by atoms with Crippen LogP contribution in [0.15, 0.2) is 53.4 Å². The molecule has 0 saturated heterocycles. The van der Waals surface area contributed by atoms with Crippen molar-refractivity contribution in [2.45, 2.75) is 18.0 Å². The summed E-state index contributed by atoms with van der Waals surface area (Å²) >= 11 is 1.71. The highest BCUT2D eigenvalue weighted by Crippen LogP contribution is 2.17. The Balaban J connectivity index is 2.09. The predicted octanol–water partition coefficient (Wildman–Crippen LogP) is 3.74. The average molecular weight is 328 g/mol. The minimum Gasteiger partial charge on any atom is -0.337 e. The Morgan fingerprint density at radius 1 is 0.957 bits per heavy atom. The first-order chi connectivity index (χ1) is 11.0. The molecular formula is C19H24N2OS. The van der Waals surface area contributed by atoms with Crippen LogP contribution in [-0.4, -0.2) is 43.1 Å². The third kappa shape index (κ3) is 5.12. The van der Waals surface area contributed by atoms with E-state index in [1.807, 2.05) is 45.4 Å². The fourth-order valence-corrected chi connectivity index (χ4v) is 2.99. The lowest BCUT2D eigenvalue weighted by atomic mass is 10.1. The van der Waals surface area contributed by atoms with Crippen molar-refractivity contribution in [1.29, 1.82) is 0 Å². The summed E-state index contributed by atoms with van der Waals surface area (Å²) in [5.74, 6) is 0.0557. The molecule has 23 heavy (non-hydrogen) atoms. The van der Waals surface area contributed by atoms with E-state index in [0.29, 0.717) is 6.54 Å². The van der Waals surface area contributed by atoms with Gasteiger partial charge in [-0.2, -0.15) is 0 Å². The molecule has 2 rings (SSSR count). The van der Waals surface area contributed by atoms with Crippen molar-refractivity contribution in [2.24, 2.45) is 0 Å². The highest BCUT2D eigenvalue weighted by molar-refractivity contribution is 7.98. The number of amides is 1. The normalized spacial score (nSPS) is 10.8. The van der Waals surface area contributed by atoms with Gasteiger partial charge in [-0.25, -0.2) is 0 Å². The third-order valence-electron chi connectivity index (χ3n) is 3.57. The Morgan fingerprint density at radius 2 is 1.61 bits per heavy atom. The van der Waals surface area contributed by atoms with Crippen LogP contribution < -0.4 is 0 Å². The van der Waals surface area contributed by atoms with Crippen LogP contribution in [0.1, 0.15) is 21.5 Å². The molecule has 0 aliphatic carbocycles. The van der Waals surface area contributed by atoms with Crippen molar-refractivity contribution in [1.82, 2.24) is 9.80 Å². The molecule has 1 amide bonds. The highest BCUT2D eigenvalue weighted by Gasteiger charge is 2.13. The summed E-state index contributed by atoms with van der Waals surface area (Å²) in [5.41, 5.74) is 3.05. The van der Waals surface area contributed by atoms with Crippen LogP contribution in [0.25, 0.3) is 0 Å². The summed E-state index contributed by atoms with van der Waals surface area (Å²) < 4.78 is 0. The topological polar surface area (TPSA) is 23.6 Å². The smallest absolute Gasteiger partial charge is 0.253 e. The molecule has 0 bridgehead atoms. The van der Waals surface area contributed by atoms with Crippen molar-refractivity contribution in [2.75, 3.05) is 27.4 Å². The van der Waals surface area contributed by atoms with Gasteiger partial charge in [0.1, 0.15) is 0 Å². The Bertz CT molecular complexity index is 670. The molecule has 122 valence electrons. The molecular weight excluding hydrogens is 304 g/mol. The molecule has 2 aromatic rings. The van der Waals surface area contributed by atoms with Crippen molar-refractivity contribution < 1.29 is 4.79 Å². The predicted molar refractivity (Wildman–Crippen MR) is 97.9 cm³/mol. The first-order valence-corrected chi connectivity index (χ1v) is 8.84. The van der Waals surface area contributed by atoms with Crippen LogP contribution in [0.3, 0.4) is 0 Å². The van der Waals surface area contributed by atoms with Crippen LogP contribution in [0.4, 0.5) is 0 Å². The quantitative estimate of drug-likeness (QED) is 0.755. The summed E-state index contributed by atoms with van der Waals surface area (Å²) in [7, 11) is 5.91. The highest BCUT2D eigenvalue weighted by atomic mass is 32.2. The molecule has 4 heteroatoms. The zero-order chi connectivity index (χ0) is 16.8. The molecule has 0 aliphatic rings. The summed E-state index contributed by atoms with van der Waals surface area (Å²) in [6, 6.07) is 16.2. The number of rotatable bonds is 6. The molecule has 0 spiro atoms. The van der Waals surface area contributed by atoms with Gasteiger partial charge in [-0.1, -0.05) is 24.3 Å². The third-order valence-corrected chi connectivity index (χ3v) is 4.30. The van der Waals surface area contributed by atoms with Crippen LogP contribution in [0.2, 0.25) is 0 Å². The SMILES string of the molecule is CSc1cccc(CN(C)C(=O)c2cccc(CN(C)C)c2)c1. The summed E-state index contributed by atoms with van der Waals surface area (Å²) in [5, 5.41) is 0. The summed E-state index contributed by atoms with van der Waals surface area (Å²) in [6.45, 7) is 1.45. The van der Waals surface area contributed by atoms with Gasteiger partial charge in [-0.15, -0.1) is 11.8 Å². The lowest BCUT2D eigenvalue weighted by Gasteiger charge is -2.18. The molecule has 0 aromatic heterocycles. The number of hydrogen-bond acceptors (Lipinski definition) is 3. The molecule has 0 saturated carbocycles. The minimum atomic E-state index is 0.0557. The summed E-state index contributed by atoms with van der Waals surface area (Å²) in [6.07, 6.45) is 2.06. The number of carbonyl (C=O) groups is 1. The maximum atomic E-state index is 12.6. The van der Waals surface area contributed by atoms with E-state index in [4.69, 9.17) is 0 Å². The minimum absolute atomic E-state index is 0.0557. The van der Waals surface area contributed by atoms with Crippen LogP contribution in [0, 0.1) is 0 Å². The Labute approximate surface area is 143 Å². The van der Waals surface area contributed by atoms with Crippen LogP contribution in [-0.2, 0) is 13.1 Å². The van der Waals surface area contributed by atoms with Gasteiger partial charge in [0.05, 0.1) is 0 Å². The molecule has 0 N–H and O–H groups in total. The first kappa shape index (κ1) is 17.6. The molecule has 2 aromatic carbocycles. The fourth-order valence-electron chi connectivity index (χ4n) is 2.50. The first-order valence-electron chi connectivity index (χ1n) is 7.61. The van der Waals surface area contributed by atoms with E-state index < -0.39 is 0 Å². The molecule has 0 aliphatic heterocycles. The second-order valence-electron chi connectivity index (χ2n) is 5.95. The molecule has 0 heterocycles. The van der Waals surface area contributed by atoms with E-state index in [1.54, 1.807) is 16.7 Å². The van der Waals surface area contributed by atoms with Crippen molar-refractivity contribution in [3.8, 4) is 0 Å². The number of thioether (sulfide) groups is 1. The van der Waals surface area contributed by atoms with Crippen molar-refractivity contribution >= 4 is 17.7 Å². The lowest BCUT2D eigenvalue weighted by molar-refractivity contribution is 0.0785. The molecule has 0 fully saturated rings. The van der Waals surface area contributed by atoms with E-state index >= 15 is 0 Å². The van der Waals surface area contributed by atoms with Gasteiger partial charge in [0.15, 0.2) is 0 Å².